The average molecular weight is 201 g/mol. The predicted octanol–water partition coefficient (Wildman–Crippen LogP) is 0.850. The summed E-state index contributed by atoms with van der Waals surface area (Å²) < 4.78 is 0. The lowest BCUT2D eigenvalue weighted by Gasteiger charge is -2.49. The normalized spacial score (nSPS) is 25.9. The van der Waals surface area contributed by atoms with E-state index in [-0.39, 0.29) is 5.92 Å². The maximum absolute atomic E-state index is 10.0. The van der Waals surface area contributed by atoms with Crippen LogP contribution in [0.25, 0.3) is 0 Å². The highest BCUT2D eigenvalue weighted by Gasteiger charge is 2.42. The van der Waals surface area contributed by atoms with E-state index in [2.05, 4.69) is 4.90 Å². The minimum Gasteiger partial charge on any atom is -0.389 e. The van der Waals surface area contributed by atoms with E-state index in [4.69, 9.17) is 0 Å². The van der Waals surface area contributed by atoms with Crippen LogP contribution in [0.3, 0.4) is 0 Å². The Bertz CT molecular complexity index is 195. The Balaban J connectivity index is 2.36. The summed E-state index contributed by atoms with van der Waals surface area (Å²) in [4.78, 5) is 2.11. The summed E-state index contributed by atoms with van der Waals surface area (Å²) >= 11 is 0. The Kier molecular flexibility index (Phi) is 3.24. The monoisotopic (exact) mass is 201 g/mol. The lowest BCUT2D eigenvalue weighted by atomic mass is 9.86. The molecule has 1 fully saturated rings. The molecule has 0 spiro atoms. The standard InChI is InChI=1S/C11H23NO2/c1-5-11(14)7-12(8-11)6-10(4,13)9(2)3/h9,13-14H,5-8H2,1-4H3. The maximum Gasteiger partial charge on any atom is 0.0897 e. The van der Waals surface area contributed by atoms with Crippen LogP contribution >= 0.6 is 0 Å². The number of rotatable bonds is 4. The molecule has 1 saturated heterocycles. The fraction of sp³-hybridized carbons (Fsp3) is 1.00. The van der Waals surface area contributed by atoms with Crippen LogP contribution in [0, 0.1) is 5.92 Å². The highest BCUT2D eigenvalue weighted by molar-refractivity contribution is 4.97. The second-order valence-electron chi connectivity index (χ2n) is 5.23. The zero-order chi connectivity index (χ0) is 11.0. The van der Waals surface area contributed by atoms with E-state index in [0.717, 1.165) is 6.42 Å². The zero-order valence-corrected chi connectivity index (χ0v) is 9.75. The summed E-state index contributed by atoms with van der Waals surface area (Å²) in [5.41, 5.74) is -1.14. The average Bonchev–Trinajstić information content (AvgIpc) is 2.00. The van der Waals surface area contributed by atoms with Gasteiger partial charge in [-0.25, -0.2) is 0 Å². The van der Waals surface area contributed by atoms with Crippen molar-refractivity contribution in [2.75, 3.05) is 19.6 Å². The number of hydrogen-bond acceptors (Lipinski definition) is 3. The van der Waals surface area contributed by atoms with Gasteiger partial charge < -0.3 is 10.2 Å². The van der Waals surface area contributed by atoms with Crippen molar-refractivity contribution in [3.05, 3.63) is 0 Å². The fourth-order valence-electron chi connectivity index (χ4n) is 1.76. The lowest BCUT2D eigenvalue weighted by Crippen LogP contribution is -2.64. The number of β-amino-alcohol motifs (C(OH)–C–C–N with tert-alkyl or cyclic N) is 2. The third-order valence-corrected chi connectivity index (χ3v) is 3.48. The van der Waals surface area contributed by atoms with Crippen LogP contribution < -0.4 is 0 Å². The van der Waals surface area contributed by atoms with Gasteiger partial charge in [0.1, 0.15) is 0 Å². The summed E-state index contributed by atoms with van der Waals surface area (Å²) in [6, 6.07) is 0. The topological polar surface area (TPSA) is 43.7 Å². The van der Waals surface area contributed by atoms with Gasteiger partial charge in [-0.2, -0.15) is 0 Å². The summed E-state index contributed by atoms with van der Waals surface area (Å²) in [6.07, 6.45) is 0.799. The van der Waals surface area contributed by atoms with Crippen LogP contribution in [0.1, 0.15) is 34.1 Å². The van der Waals surface area contributed by atoms with Crippen molar-refractivity contribution in [3.63, 3.8) is 0 Å². The number of nitrogens with zero attached hydrogens (tertiary/aromatic N) is 1. The SMILES string of the molecule is CCC1(O)CN(CC(C)(O)C(C)C)C1. The summed E-state index contributed by atoms with van der Waals surface area (Å²) in [6.45, 7) is 9.96. The minimum absolute atomic E-state index is 0.248. The third-order valence-electron chi connectivity index (χ3n) is 3.48. The molecule has 0 aromatic heterocycles. The summed E-state index contributed by atoms with van der Waals surface area (Å²) in [5.74, 6) is 0.248. The lowest BCUT2D eigenvalue weighted by molar-refractivity contribution is -0.130. The predicted molar refractivity (Wildman–Crippen MR) is 57.1 cm³/mol. The second-order valence-corrected chi connectivity index (χ2v) is 5.23. The van der Waals surface area contributed by atoms with E-state index in [1.54, 1.807) is 0 Å². The van der Waals surface area contributed by atoms with Crippen LogP contribution in [0.4, 0.5) is 0 Å². The van der Waals surface area contributed by atoms with Crippen molar-refractivity contribution in [2.45, 2.75) is 45.3 Å². The van der Waals surface area contributed by atoms with Crippen molar-refractivity contribution >= 4 is 0 Å². The highest BCUT2D eigenvalue weighted by atomic mass is 16.3. The van der Waals surface area contributed by atoms with Crippen molar-refractivity contribution in [2.24, 2.45) is 5.92 Å². The van der Waals surface area contributed by atoms with E-state index in [9.17, 15) is 10.2 Å². The first-order chi connectivity index (χ1) is 6.29. The smallest absolute Gasteiger partial charge is 0.0897 e. The van der Waals surface area contributed by atoms with Crippen molar-refractivity contribution in [1.29, 1.82) is 0 Å². The molecule has 2 N–H and O–H groups in total. The zero-order valence-electron chi connectivity index (χ0n) is 9.75. The van der Waals surface area contributed by atoms with E-state index < -0.39 is 11.2 Å². The molecular formula is C11H23NO2. The molecule has 0 radical (unpaired) electrons. The van der Waals surface area contributed by atoms with Gasteiger partial charge in [-0.1, -0.05) is 20.8 Å². The van der Waals surface area contributed by atoms with E-state index in [0.29, 0.717) is 19.6 Å². The van der Waals surface area contributed by atoms with Crippen LogP contribution in [0.15, 0.2) is 0 Å². The number of likely N-dealkylation sites (tertiary alicyclic amines) is 1. The first-order valence-electron chi connectivity index (χ1n) is 5.46. The van der Waals surface area contributed by atoms with Gasteiger partial charge in [0, 0.05) is 19.6 Å². The Morgan fingerprint density at radius 2 is 1.93 bits per heavy atom. The van der Waals surface area contributed by atoms with Crippen molar-refractivity contribution in [1.82, 2.24) is 4.90 Å². The van der Waals surface area contributed by atoms with Gasteiger partial charge in [-0.3, -0.25) is 4.90 Å². The Morgan fingerprint density at radius 3 is 2.29 bits per heavy atom. The molecule has 0 aromatic rings. The Morgan fingerprint density at radius 1 is 1.43 bits per heavy atom. The first kappa shape index (κ1) is 12.0. The third kappa shape index (κ3) is 2.47. The molecule has 0 saturated carbocycles. The van der Waals surface area contributed by atoms with Gasteiger partial charge in [0.15, 0.2) is 0 Å². The molecule has 1 rings (SSSR count). The molecule has 1 aliphatic rings. The molecule has 84 valence electrons. The van der Waals surface area contributed by atoms with E-state index in [1.807, 2.05) is 27.7 Å². The number of hydrogen-bond donors (Lipinski definition) is 2. The minimum atomic E-state index is -0.644. The van der Waals surface area contributed by atoms with Crippen molar-refractivity contribution < 1.29 is 10.2 Å². The van der Waals surface area contributed by atoms with E-state index >= 15 is 0 Å². The number of aliphatic hydroxyl groups is 2. The molecule has 1 aliphatic heterocycles. The Labute approximate surface area is 86.7 Å². The molecule has 14 heavy (non-hydrogen) atoms. The van der Waals surface area contributed by atoms with Gasteiger partial charge >= 0.3 is 0 Å². The van der Waals surface area contributed by atoms with Gasteiger partial charge in [-0.05, 0) is 19.3 Å². The van der Waals surface area contributed by atoms with Crippen LogP contribution in [-0.2, 0) is 0 Å². The quantitative estimate of drug-likeness (QED) is 0.708. The summed E-state index contributed by atoms with van der Waals surface area (Å²) in [7, 11) is 0. The fourth-order valence-corrected chi connectivity index (χ4v) is 1.76. The van der Waals surface area contributed by atoms with Gasteiger partial charge in [0.05, 0.1) is 11.2 Å². The van der Waals surface area contributed by atoms with E-state index in [1.165, 1.54) is 0 Å². The van der Waals surface area contributed by atoms with Crippen molar-refractivity contribution in [3.8, 4) is 0 Å². The molecule has 3 heteroatoms. The Hall–Kier alpha value is -0.120. The molecule has 3 nitrogen and oxygen atoms in total. The van der Waals surface area contributed by atoms with Crippen LogP contribution in [0.5, 0.6) is 0 Å². The van der Waals surface area contributed by atoms with Gasteiger partial charge in [0.25, 0.3) is 0 Å². The largest absolute Gasteiger partial charge is 0.389 e. The summed E-state index contributed by atoms with van der Waals surface area (Å²) in [5, 5.41) is 19.8. The van der Waals surface area contributed by atoms with Crippen LogP contribution in [0.2, 0.25) is 0 Å². The molecule has 1 heterocycles. The molecule has 0 aromatic carbocycles. The second kappa shape index (κ2) is 3.80. The first-order valence-corrected chi connectivity index (χ1v) is 5.46. The van der Waals surface area contributed by atoms with Gasteiger partial charge in [0.2, 0.25) is 0 Å². The maximum atomic E-state index is 10.0. The molecule has 1 unspecified atom stereocenters. The molecular weight excluding hydrogens is 178 g/mol. The molecule has 0 amide bonds. The van der Waals surface area contributed by atoms with Crippen LogP contribution in [-0.4, -0.2) is 45.9 Å². The van der Waals surface area contributed by atoms with Gasteiger partial charge in [-0.15, -0.1) is 0 Å². The molecule has 0 aliphatic carbocycles. The molecule has 0 bridgehead atoms. The highest BCUT2D eigenvalue weighted by Crippen LogP contribution is 2.27. The molecule has 1 atom stereocenters.